The molecule has 0 saturated carbocycles. The fourth-order valence-electron chi connectivity index (χ4n) is 2.25. The number of aliphatic hydroxyl groups excluding tert-OH is 3. The maximum absolute atomic E-state index is 9.80. The maximum Gasteiger partial charge on any atom is 0.108 e. The normalized spacial score (nSPS) is 35.1. The van der Waals surface area contributed by atoms with Gasteiger partial charge in [0.25, 0.3) is 0 Å². The fraction of sp³-hybridized carbons (Fsp3) is 0.667. The van der Waals surface area contributed by atoms with E-state index in [-0.39, 0.29) is 6.04 Å². The molecular weight excluding hydrogens is 238 g/mol. The molecule has 4 nitrogen and oxygen atoms in total. The standard InChI is InChI=1S/C12H19NO3S/c1-8-11(15)12(16)10(14)7-13(8)5-4-9-3-2-6-17-9/h2-3,6,8,10-12,14-16H,4-5,7H2,1H3. The molecule has 1 saturated heterocycles. The molecule has 1 aromatic rings. The van der Waals surface area contributed by atoms with Crippen LogP contribution >= 0.6 is 11.3 Å². The van der Waals surface area contributed by atoms with Gasteiger partial charge in [0.15, 0.2) is 0 Å². The van der Waals surface area contributed by atoms with Crippen LogP contribution in [0.4, 0.5) is 0 Å². The second-order valence-electron chi connectivity index (χ2n) is 4.61. The molecule has 1 aliphatic rings. The van der Waals surface area contributed by atoms with Crippen molar-refractivity contribution in [2.45, 2.75) is 37.7 Å². The van der Waals surface area contributed by atoms with Gasteiger partial charge in [-0.3, -0.25) is 4.90 Å². The minimum Gasteiger partial charge on any atom is -0.389 e. The van der Waals surface area contributed by atoms with Crippen molar-refractivity contribution in [1.29, 1.82) is 0 Å². The molecule has 1 aliphatic heterocycles. The lowest BCUT2D eigenvalue weighted by Crippen LogP contribution is -2.60. The van der Waals surface area contributed by atoms with E-state index in [1.54, 1.807) is 11.3 Å². The Bertz CT molecular complexity index is 344. The summed E-state index contributed by atoms with van der Waals surface area (Å²) in [5.74, 6) is 0. The van der Waals surface area contributed by atoms with E-state index in [0.717, 1.165) is 13.0 Å². The predicted octanol–water partition coefficient (Wildman–Crippen LogP) is 0.0774. The smallest absolute Gasteiger partial charge is 0.108 e. The van der Waals surface area contributed by atoms with E-state index in [1.165, 1.54) is 4.88 Å². The average Bonchev–Trinajstić information content (AvgIpc) is 2.82. The third kappa shape index (κ3) is 2.86. The zero-order valence-corrected chi connectivity index (χ0v) is 10.7. The zero-order valence-electron chi connectivity index (χ0n) is 9.86. The molecule has 5 heteroatoms. The van der Waals surface area contributed by atoms with Gasteiger partial charge in [-0.25, -0.2) is 0 Å². The molecule has 96 valence electrons. The van der Waals surface area contributed by atoms with Crippen LogP contribution in [0.1, 0.15) is 11.8 Å². The lowest BCUT2D eigenvalue weighted by molar-refractivity contribution is -0.132. The number of aliphatic hydroxyl groups is 3. The van der Waals surface area contributed by atoms with Gasteiger partial charge >= 0.3 is 0 Å². The monoisotopic (exact) mass is 257 g/mol. The zero-order chi connectivity index (χ0) is 12.4. The topological polar surface area (TPSA) is 63.9 Å². The van der Waals surface area contributed by atoms with Crippen LogP contribution in [-0.2, 0) is 6.42 Å². The van der Waals surface area contributed by atoms with Gasteiger partial charge in [0.05, 0.1) is 12.2 Å². The van der Waals surface area contributed by atoms with Crippen LogP contribution in [0, 0.1) is 0 Å². The molecule has 3 N–H and O–H groups in total. The van der Waals surface area contributed by atoms with Gasteiger partial charge < -0.3 is 15.3 Å². The largest absolute Gasteiger partial charge is 0.389 e. The Balaban J connectivity index is 1.92. The Morgan fingerprint density at radius 3 is 2.76 bits per heavy atom. The van der Waals surface area contributed by atoms with Crippen LogP contribution in [0.15, 0.2) is 17.5 Å². The van der Waals surface area contributed by atoms with Gasteiger partial charge in [0.1, 0.15) is 6.10 Å². The van der Waals surface area contributed by atoms with Crippen molar-refractivity contribution < 1.29 is 15.3 Å². The highest BCUT2D eigenvalue weighted by atomic mass is 32.1. The molecule has 0 amide bonds. The van der Waals surface area contributed by atoms with Gasteiger partial charge in [-0.15, -0.1) is 11.3 Å². The minimum atomic E-state index is -1.03. The minimum absolute atomic E-state index is 0.117. The Labute approximate surface area is 105 Å². The van der Waals surface area contributed by atoms with E-state index in [1.807, 2.05) is 23.3 Å². The van der Waals surface area contributed by atoms with Gasteiger partial charge in [0.2, 0.25) is 0 Å². The molecule has 2 heterocycles. The summed E-state index contributed by atoms with van der Waals surface area (Å²) in [7, 11) is 0. The van der Waals surface area contributed by atoms with Crippen molar-refractivity contribution >= 4 is 11.3 Å². The SMILES string of the molecule is CC1C(O)C(O)C(O)CN1CCc1cccs1. The summed E-state index contributed by atoms with van der Waals surface area (Å²) in [4.78, 5) is 3.33. The molecule has 17 heavy (non-hydrogen) atoms. The second-order valence-corrected chi connectivity index (χ2v) is 5.65. The fourth-order valence-corrected chi connectivity index (χ4v) is 2.95. The summed E-state index contributed by atoms with van der Waals surface area (Å²) in [6, 6.07) is 3.99. The van der Waals surface area contributed by atoms with Crippen LogP contribution in [0.25, 0.3) is 0 Å². The third-order valence-electron chi connectivity index (χ3n) is 3.46. The third-order valence-corrected chi connectivity index (χ3v) is 4.40. The van der Waals surface area contributed by atoms with E-state index in [2.05, 4.69) is 6.07 Å². The van der Waals surface area contributed by atoms with Gasteiger partial charge in [0, 0.05) is 24.0 Å². The Kier molecular flexibility index (Phi) is 4.17. The quantitative estimate of drug-likeness (QED) is 0.717. The highest BCUT2D eigenvalue weighted by Gasteiger charge is 2.38. The number of piperidine rings is 1. The number of thiophene rings is 1. The van der Waals surface area contributed by atoms with Crippen LogP contribution in [0.5, 0.6) is 0 Å². The summed E-state index contributed by atoms with van der Waals surface area (Å²) in [5.41, 5.74) is 0. The number of rotatable bonds is 3. The van der Waals surface area contributed by atoms with Crippen LogP contribution in [0.3, 0.4) is 0 Å². The summed E-state index contributed by atoms with van der Waals surface area (Å²) >= 11 is 1.71. The molecule has 0 bridgehead atoms. The molecule has 1 fully saturated rings. The molecule has 0 spiro atoms. The van der Waals surface area contributed by atoms with E-state index in [9.17, 15) is 15.3 Å². The first-order valence-corrected chi connectivity index (χ1v) is 6.78. The molecule has 4 atom stereocenters. The number of likely N-dealkylation sites (tertiary alicyclic amines) is 1. The van der Waals surface area contributed by atoms with E-state index in [4.69, 9.17) is 0 Å². The lowest BCUT2D eigenvalue weighted by atomic mass is 9.95. The first-order chi connectivity index (χ1) is 8.09. The van der Waals surface area contributed by atoms with E-state index >= 15 is 0 Å². The first-order valence-electron chi connectivity index (χ1n) is 5.90. The number of hydrogen-bond donors (Lipinski definition) is 3. The van der Waals surface area contributed by atoms with Gasteiger partial charge in [-0.05, 0) is 24.8 Å². The summed E-state index contributed by atoms with van der Waals surface area (Å²) in [6.45, 7) is 3.10. The number of β-amino-alcohol motifs (C(OH)–C–C–N with tert-alkyl or cyclic N) is 1. The molecule has 0 radical (unpaired) electrons. The Hall–Kier alpha value is -0.460. The Morgan fingerprint density at radius 1 is 1.35 bits per heavy atom. The van der Waals surface area contributed by atoms with Crippen molar-refractivity contribution in [3.63, 3.8) is 0 Å². The second kappa shape index (κ2) is 5.46. The average molecular weight is 257 g/mol. The highest BCUT2D eigenvalue weighted by molar-refractivity contribution is 7.09. The van der Waals surface area contributed by atoms with Gasteiger partial charge in [-0.1, -0.05) is 6.07 Å². The predicted molar refractivity (Wildman–Crippen MR) is 67.1 cm³/mol. The molecule has 0 aliphatic carbocycles. The lowest BCUT2D eigenvalue weighted by Gasteiger charge is -2.42. The summed E-state index contributed by atoms with van der Waals surface area (Å²) in [5, 5.41) is 31.0. The number of hydrogen-bond acceptors (Lipinski definition) is 5. The molecular formula is C12H19NO3S. The highest BCUT2D eigenvalue weighted by Crippen LogP contribution is 2.19. The first kappa shape index (κ1) is 13.0. The molecule has 0 aromatic carbocycles. The number of nitrogens with zero attached hydrogens (tertiary/aromatic N) is 1. The van der Waals surface area contributed by atoms with Crippen molar-refractivity contribution in [3.05, 3.63) is 22.4 Å². The van der Waals surface area contributed by atoms with Crippen molar-refractivity contribution in [1.82, 2.24) is 4.90 Å². The van der Waals surface area contributed by atoms with E-state index in [0.29, 0.717) is 6.54 Å². The van der Waals surface area contributed by atoms with Crippen LogP contribution in [-0.4, -0.2) is 57.7 Å². The van der Waals surface area contributed by atoms with Crippen LogP contribution in [0.2, 0.25) is 0 Å². The van der Waals surface area contributed by atoms with Crippen molar-refractivity contribution in [2.24, 2.45) is 0 Å². The van der Waals surface area contributed by atoms with Gasteiger partial charge in [-0.2, -0.15) is 0 Å². The molecule has 4 unspecified atom stereocenters. The molecule has 2 rings (SSSR count). The Morgan fingerprint density at radius 2 is 2.12 bits per heavy atom. The van der Waals surface area contributed by atoms with Crippen molar-refractivity contribution in [2.75, 3.05) is 13.1 Å². The summed E-state index contributed by atoms with van der Waals surface area (Å²) in [6.07, 6.45) is -1.84. The van der Waals surface area contributed by atoms with Crippen molar-refractivity contribution in [3.8, 4) is 0 Å². The maximum atomic E-state index is 9.80. The molecule has 1 aromatic heterocycles. The summed E-state index contributed by atoms with van der Waals surface area (Å²) < 4.78 is 0. The van der Waals surface area contributed by atoms with E-state index < -0.39 is 18.3 Å². The van der Waals surface area contributed by atoms with Crippen LogP contribution < -0.4 is 0 Å².